The second-order valence-corrected chi connectivity index (χ2v) is 6.96. The minimum atomic E-state index is -0.158. The zero-order chi connectivity index (χ0) is 14.7. The molecule has 0 radical (unpaired) electrons. The Bertz CT molecular complexity index is 441. The van der Waals surface area contributed by atoms with Crippen molar-refractivity contribution >= 4 is 0 Å². The molecule has 0 amide bonds. The smallest absolute Gasteiger partial charge is 0.0870 e. The van der Waals surface area contributed by atoms with Crippen LogP contribution in [0.5, 0.6) is 0 Å². The fraction of sp³-hybridized carbons (Fsp3) is 0.684. The maximum Gasteiger partial charge on any atom is 0.0870 e. The van der Waals surface area contributed by atoms with E-state index >= 15 is 0 Å². The van der Waals surface area contributed by atoms with E-state index in [0.717, 1.165) is 18.8 Å². The van der Waals surface area contributed by atoms with Crippen LogP contribution in [0.2, 0.25) is 0 Å². The van der Waals surface area contributed by atoms with Crippen molar-refractivity contribution in [3.8, 4) is 0 Å². The van der Waals surface area contributed by atoms with Gasteiger partial charge in [0.1, 0.15) is 0 Å². The summed E-state index contributed by atoms with van der Waals surface area (Å²) in [6.07, 6.45) is 11.4. The summed E-state index contributed by atoms with van der Waals surface area (Å²) in [5, 5.41) is 0. The van der Waals surface area contributed by atoms with E-state index in [1.165, 1.54) is 56.1 Å². The second-order valence-electron chi connectivity index (χ2n) is 6.96. The zero-order valence-electron chi connectivity index (χ0n) is 13.3. The van der Waals surface area contributed by atoms with Crippen molar-refractivity contribution in [2.24, 2.45) is 5.73 Å². The van der Waals surface area contributed by atoms with Gasteiger partial charge in [0, 0.05) is 7.11 Å². The number of rotatable bonds is 4. The maximum atomic E-state index is 6.63. The van der Waals surface area contributed by atoms with Crippen LogP contribution in [0.25, 0.3) is 0 Å². The molecule has 2 nitrogen and oxygen atoms in total. The Morgan fingerprint density at radius 3 is 2.10 bits per heavy atom. The van der Waals surface area contributed by atoms with Crippen LogP contribution in [-0.2, 0) is 4.74 Å². The summed E-state index contributed by atoms with van der Waals surface area (Å²) in [7, 11) is 1.84. The number of ether oxygens (including phenoxy) is 1. The Morgan fingerprint density at radius 1 is 1.00 bits per heavy atom. The molecule has 1 atom stereocenters. The summed E-state index contributed by atoms with van der Waals surface area (Å²) in [6, 6.07) is 9.06. The highest BCUT2D eigenvalue weighted by atomic mass is 16.5. The van der Waals surface area contributed by atoms with Gasteiger partial charge in [-0.25, -0.2) is 0 Å². The fourth-order valence-electron chi connectivity index (χ4n) is 3.99. The summed E-state index contributed by atoms with van der Waals surface area (Å²) in [6.45, 7) is 0. The minimum Gasteiger partial charge on any atom is -0.376 e. The van der Waals surface area contributed by atoms with E-state index in [4.69, 9.17) is 10.5 Å². The number of hydrogen-bond donors (Lipinski definition) is 1. The molecule has 2 heteroatoms. The Kier molecular flexibility index (Phi) is 4.66. The van der Waals surface area contributed by atoms with Crippen molar-refractivity contribution in [1.82, 2.24) is 0 Å². The Labute approximate surface area is 129 Å². The number of nitrogens with two attached hydrogens (primary N) is 1. The van der Waals surface area contributed by atoms with Crippen LogP contribution in [0.15, 0.2) is 24.3 Å². The second kappa shape index (κ2) is 6.50. The van der Waals surface area contributed by atoms with Crippen molar-refractivity contribution < 1.29 is 4.74 Å². The first-order chi connectivity index (χ1) is 10.2. The van der Waals surface area contributed by atoms with Crippen molar-refractivity contribution in [3.63, 3.8) is 0 Å². The molecule has 2 fully saturated rings. The molecule has 1 unspecified atom stereocenters. The molecule has 0 spiro atoms. The van der Waals surface area contributed by atoms with Gasteiger partial charge in [0.05, 0.1) is 11.6 Å². The van der Waals surface area contributed by atoms with Gasteiger partial charge in [0.2, 0.25) is 0 Å². The van der Waals surface area contributed by atoms with Gasteiger partial charge in [-0.1, -0.05) is 56.4 Å². The van der Waals surface area contributed by atoms with Crippen LogP contribution < -0.4 is 5.73 Å². The molecular formula is C19H29NO. The first kappa shape index (κ1) is 15.1. The molecule has 0 saturated heterocycles. The normalized spacial score (nSPS) is 24.1. The van der Waals surface area contributed by atoms with Crippen LogP contribution in [0.1, 0.15) is 80.9 Å². The molecule has 2 aliphatic carbocycles. The lowest BCUT2D eigenvalue weighted by Gasteiger charge is -2.37. The molecular weight excluding hydrogens is 258 g/mol. The number of methoxy groups -OCH3 is 1. The number of benzene rings is 1. The molecule has 0 heterocycles. The van der Waals surface area contributed by atoms with Crippen LogP contribution >= 0.6 is 0 Å². The van der Waals surface area contributed by atoms with E-state index in [1.54, 1.807) is 0 Å². The molecule has 0 aromatic heterocycles. The van der Waals surface area contributed by atoms with Gasteiger partial charge < -0.3 is 10.5 Å². The Morgan fingerprint density at radius 2 is 1.62 bits per heavy atom. The van der Waals surface area contributed by atoms with Crippen molar-refractivity contribution in [1.29, 1.82) is 0 Å². The van der Waals surface area contributed by atoms with Gasteiger partial charge >= 0.3 is 0 Å². The van der Waals surface area contributed by atoms with E-state index in [9.17, 15) is 0 Å². The van der Waals surface area contributed by atoms with Crippen molar-refractivity contribution in [3.05, 3.63) is 35.4 Å². The van der Waals surface area contributed by atoms with Gasteiger partial charge in [-0.05, 0) is 42.7 Å². The van der Waals surface area contributed by atoms with Gasteiger partial charge in [-0.15, -0.1) is 0 Å². The molecule has 1 aromatic carbocycles. The first-order valence-electron chi connectivity index (χ1n) is 8.66. The number of hydrogen-bond acceptors (Lipinski definition) is 2. The van der Waals surface area contributed by atoms with Gasteiger partial charge in [-0.2, -0.15) is 0 Å². The maximum absolute atomic E-state index is 6.63. The standard InChI is InChI=1S/C19H29NO/c1-21-19(13-4-2-3-5-14-19)18(20)17-11-9-16(10-12-17)15-7-6-8-15/h9-12,15,18H,2-8,13-14,20H2,1H3. The predicted octanol–water partition coefficient (Wildman–Crippen LogP) is 4.69. The van der Waals surface area contributed by atoms with E-state index in [0.29, 0.717) is 0 Å². The van der Waals surface area contributed by atoms with E-state index < -0.39 is 0 Å². The van der Waals surface area contributed by atoms with E-state index in [-0.39, 0.29) is 11.6 Å². The van der Waals surface area contributed by atoms with E-state index in [1.807, 2.05) is 7.11 Å². The van der Waals surface area contributed by atoms with Crippen LogP contribution in [-0.4, -0.2) is 12.7 Å². The molecule has 1 aromatic rings. The van der Waals surface area contributed by atoms with Crippen LogP contribution in [0.4, 0.5) is 0 Å². The third kappa shape index (κ3) is 3.02. The summed E-state index contributed by atoms with van der Waals surface area (Å²) < 4.78 is 5.96. The molecule has 0 aliphatic heterocycles. The third-order valence-electron chi connectivity index (χ3n) is 5.80. The summed E-state index contributed by atoms with van der Waals surface area (Å²) in [4.78, 5) is 0. The monoisotopic (exact) mass is 287 g/mol. The summed E-state index contributed by atoms with van der Waals surface area (Å²) >= 11 is 0. The lowest BCUT2D eigenvalue weighted by molar-refractivity contribution is -0.0442. The summed E-state index contributed by atoms with van der Waals surface area (Å²) in [5.41, 5.74) is 9.20. The molecule has 2 N–H and O–H groups in total. The highest BCUT2D eigenvalue weighted by Crippen LogP contribution is 2.40. The topological polar surface area (TPSA) is 35.2 Å². The average molecular weight is 287 g/mol. The van der Waals surface area contributed by atoms with Crippen LogP contribution in [0, 0.1) is 0 Å². The average Bonchev–Trinajstić information content (AvgIpc) is 2.72. The highest BCUT2D eigenvalue weighted by Gasteiger charge is 2.38. The zero-order valence-corrected chi connectivity index (χ0v) is 13.3. The fourth-order valence-corrected chi connectivity index (χ4v) is 3.99. The highest BCUT2D eigenvalue weighted by molar-refractivity contribution is 5.30. The summed E-state index contributed by atoms with van der Waals surface area (Å²) in [5.74, 6) is 0.796. The lowest BCUT2D eigenvalue weighted by Crippen LogP contribution is -2.42. The van der Waals surface area contributed by atoms with Gasteiger partial charge in [0.15, 0.2) is 0 Å². The van der Waals surface area contributed by atoms with E-state index in [2.05, 4.69) is 24.3 Å². The quantitative estimate of drug-likeness (QED) is 0.815. The lowest BCUT2D eigenvalue weighted by atomic mass is 9.78. The molecule has 21 heavy (non-hydrogen) atoms. The molecule has 2 saturated carbocycles. The predicted molar refractivity (Wildman–Crippen MR) is 87.4 cm³/mol. The molecule has 116 valence electrons. The molecule has 2 aliphatic rings. The Balaban J connectivity index is 1.76. The molecule has 3 rings (SSSR count). The van der Waals surface area contributed by atoms with Crippen molar-refractivity contribution in [2.75, 3.05) is 7.11 Å². The molecule has 0 bridgehead atoms. The largest absolute Gasteiger partial charge is 0.376 e. The third-order valence-corrected chi connectivity index (χ3v) is 5.80. The van der Waals surface area contributed by atoms with Gasteiger partial charge in [0.25, 0.3) is 0 Å². The van der Waals surface area contributed by atoms with Crippen molar-refractivity contribution in [2.45, 2.75) is 75.3 Å². The minimum absolute atomic E-state index is 0.00367. The SMILES string of the molecule is COC1(C(N)c2ccc(C3CCC3)cc2)CCCCCC1. The van der Waals surface area contributed by atoms with Gasteiger partial charge in [-0.3, -0.25) is 0 Å². The van der Waals surface area contributed by atoms with Crippen LogP contribution in [0.3, 0.4) is 0 Å². The first-order valence-corrected chi connectivity index (χ1v) is 8.66. The Hall–Kier alpha value is -0.860.